The molecule has 0 fully saturated rings. The topological polar surface area (TPSA) is 44.8 Å². The lowest BCUT2D eigenvalue weighted by atomic mass is 10.1. The first-order valence-electron chi connectivity index (χ1n) is 6.98. The second kappa shape index (κ2) is 8.47. The van der Waals surface area contributed by atoms with Gasteiger partial charge in [-0.05, 0) is 29.8 Å². The maximum atomic E-state index is 12.0. The lowest BCUT2D eigenvalue weighted by Gasteiger charge is -2.25. The van der Waals surface area contributed by atoms with E-state index in [1.165, 1.54) is 0 Å². The highest BCUT2D eigenvalue weighted by Crippen LogP contribution is 2.42. The quantitative estimate of drug-likeness (QED) is 0.529. The number of rotatable bonds is 6. The molecule has 0 aliphatic rings. The van der Waals surface area contributed by atoms with Gasteiger partial charge in [-0.15, -0.1) is 0 Å². The summed E-state index contributed by atoms with van der Waals surface area (Å²) in [6.07, 6.45) is -1.07. The number of hydrogen-bond donors (Lipinski definition) is 0. The normalized spacial score (nSPS) is 12.3. The summed E-state index contributed by atoms with van der Waals surface area (Å²) in [5.41, 5.74) is 0.531. The number of hydrogen-bond acceptors (Lipinski definition) is 4. The molecule has 0 saturated carbocycles. The van der Waals surface area contributed by atoms with E-state index in [0.29, 0.717) is 17.1 Å². The van der Waals surface area contributed by atoms with Crippen LogP contribution in [0.15, 0.2) is 54.6 Å². The van der Waals surface area contributed by atoms with Gasteiger partial charge in [-0.25, -0.2) is 4.79 Å². The van der Waals surface area contributed by atoms with E-state index in [9.17, 15) is 4.79 Å². The minimum Gasteiger partial charge on any atom is -0.497 e. The van der Waals surface area contributed by atoms with Crippen LogP contribution in [0.5, 0.6) is 11.5 Å². The molecule has 7 heteroatoms. The molecule has 2 aromatic rings. The molecule has 128 valence electrons. The number of carbonyl (C=O) groups excluding carboxylic acids is 1. The van der Waals surface area contributed by atoms with Crippen molar-refractivity contribution in [2.75, 3.05) is 13.7 Å². The van der Waals surface area contributed by atoms with Crippen LogP contribution in [0.1, 0.15) is 11.7 Å². The number of methoxy groups -OCH3 is 1. The SMILES string of the molecule is COc1ccc(C(OC(=O)COc2ccccc2)C(Cl)(Cl)Cl)cc1. The number of benzene rings is 2. The highest BCUT2D eigenvalue weighted by molar-refractivity contribution is 6.68. The summed E-state index contributed by atoms with van der Waals surface area (Å²) < 4.78 is 13.9. The van der Waals surface area contributed by atoms with Crippen molar-refractivity contribution >= 4 is 40.8 Å². The van der Waals surface area contributed by atoms with Gasteiger partial charge in [-0.1, -0.05) is 65.1 Å². The van der Waals surface area contributed by atoms with Crippen LogP contribution >= 0.6 is 34.8 Å². The van der Waals surface area contributed by atoms with E-state index in [-0.39, 0.29) is 6.61 Å². The highest BCUT2D eigenvalue weighted by atomic mass is 35.6. The van der Waals surface area contributed by atoms with Gasteiger partial charge in [0.05, 0.1) is 7.11 Å². The fourth-order valence-corrected chi connectivity index (χ4v) is 2.44. The minimum atomic E-state index is -1.82. The second-order valence-corrected chi connectivity index (χ2v) is 7.16. The molecule has 0 aliphatic heterocycles. The summed E-state index contributed by atoms with van der Waals surface area (Å²) in [5, 5.41) is 0. The summed E-state index contributed by atoms with van der Waals surface area (Å²) in [5.74, 6) is 0.538. The fourth-order valence-electron chi connectivity index (χ4n) is 1.93. The monoisotopic (exact) mass is 388 g/mol. The Kier molecular flexibility index (Phi) is 6.60. The van der Waals surface area contributed by atoms with E-state index in [1.807, 2.05) is 6.07 Å². The molecule has 0 aliphatic carbocycles. The van der Waals surface area contributed by atoms with Gasteiger partial charge >= 0.3 is 5.97 Å². The molecule has 4 nitrogen and oxygen atoms in total. The minimum absolute atomic E-state index is 0.294. The Morgan fingerprint density at radius 3 is 2.17 bits per heavy atom. The molecule has 0 bridgehead atoms. The highest BCUT2D eigenvalue weighted by Gasteiger charge is 2.37. The Hall–Kier alpha value is -1.62. The summed E-state index contributed by atoms with van der Waals surface area (Å²) >= 11 is 17.9. The Balaban J connectivity index is 2.04. The Bertz CT molecular complexity index is 654. The summed E-state index contributed by atoms with van der Waals surface area (Å²) in [6, 6.07) is 15.6. The first-order chi connectivity index (χ1) is 11.4. The predicted octanol–water partition coefficient (Wildman–Crippen LogP) is 4.73. The molecular weight excluding hydrogens is 375 g/mol. The lowest BCUT2D eigenvalue weighted by molar-refractivity contribution is -0.151. The van der Waals surface area contributed by atoms with E-state index in [1.54, 1.807) is 55.6 Å². The van der Waals surface area contributed by atoms with Crippen molar-refractivity contribution in [3.05, 3.63) is 60.2 Å². The van der Waals surface area contributed by atoms with Gasteiger partial charge in [0, 0.05) is 0 Å². The smallest absolute Gasteiger partial charge is 0.344 e. The molecule has 24 heavy (non-hydrogen) atoms. The maximum Gasteiger partial charge on any atom is 0.344 e. The van der Waals surface area contributed by atoms with E-state index in [4.69, 9.17) is 49.0 Å². The molecule has 1 atom stereocenters. The first kappa shape index (κ1) is 18.7. The van der Waals surface area contributed by atoms with Crippen molar-refractivity contribution in [1.82, 2.24) is 0 Å². The van der Waals surface area contributed by atoms with Crippen molar-refractivity contribution in [1.29, 1.82) is 0 Å². The van der Waals surface area contributed by atoms with Crippen LogP contribution in [0.3, 0.4) is 0 Å². The van der Waals surface area contributed by atoms with Gasteiger partial charge in [0.1, 0.15) is 11.5 Å². The van der Waals surface area contributed by atoms with Gasteiger partial charge in [-0.3, -0.25) is 0 Å². The third-order valence-electron chi connectivity index (χ3n) is 3.07. The molecule has 0 heterocycles. The van der Waals surface area contributed by atoms with Gasteiger partial charge < -0.3 is 14.2 Å². The summed E-state index contributed by atoms with van der Waals surface area (Å²) in [4.78, 5) is 12.0. The zero-order valence-corrected chi connectivity index (χ0v) is 15.0. The van der Waals surface area contributed by atoms with Crippen LogP contribution < -0.4 is 9.47 Å². The van der Waals surface area contributed by atoms with Gasteiger partial charge in [0.15, 0.2) is 12.7 Å². The average Bonchev–Trinajstić information content (AvgIpc) is 2.58. The number of esters is 1. The van der Waals surface area contributed by atoms with Crippen molar-refractivity contribution in [2.45, 2.75) is 9.90 Å². The lowest BCUT2D eigenvalue weighted by Crippen LogP contribution is -2.26. The predicted molar refractivity (Wildman–Crippen MR) is 94.1 cm³/mol. The molecule has 0 amide bonds. The Labute approximate surface area is 155 Å². The van der Waals surface area contributed by atoms with Crippen LogP contribution in [0.4, 0.5) is 0 Å². The van der Waals surface area contributed by atoms with Crippen molar-refractivity contribution in [3.63, 3.8) is 0 Å². The van der Waals surface area contributed by atoms with E-state index in [0.717, 1.165) is 0 Å². The molecule has 0 spiro atoms. The third-order valence-corrected chi connectivity index (χ3v) is 3.66. The molecule has 0 saturated heterocycles. The van der Waals surface area contributed by atoms with Crippen LogP contribution in [-0.4, -0.2) is 23.5 Å². The molecule has 1 unspecified atom stereocenters. The largest absolute Gasteiger partial charge is 0.497 e. The number of para-hydroxylation sites is 1. The fraction of sp³-hybridized carbons (Fsp3) is 0.235. The van der Waals surface area contributed by atoms with Crippen LogP contribution in [0.25, 0.3) is 0 Å². The van der Waals surface area contributed by atoms with Gasteiger partial charge in [0.25, 0.3) is 0 Å². The van der Waals surface area contributed by atoms with Crippen LogP contribution in [0.2, 0.25) is 0 Å². The number of halogens is 3. The first-order valence-corrected chi connectivity index (χ1v) is 8.11. The number of ether oxygens (including phenoxy) is 3. The number of alkyl halides is 3. The van der Waals surface area contributed by atoms with Crippen LogP contribution in [-0.2, 0) is 9.53 Å². The summed E-state index contributed by atoms with van der Waals surface area (Å²) in [7, 11) is 1.54. The average molecular weight is 390 g/mol. The number of carbonyl (C=O) groups is 1. The molecular formula is C17H15Cl3O4. The third kappa shape index (κ3) is 5.48. The standard InChI is InChI=1S/C17H15Cl3O4/c1-22-13-9-7-12(8-10-13)16(17(18,19)20)24-15(21)11-23-14-5-3-2-4-6-14/h2-10,16H,11H2,1H3. The van der Waals surface area contributed by atoms with E-state index < -0.39 is 15.9 Å². The molecule has 2 rings (SSSR count). The maximum absolute atomic E-state index is 12.0. The Morgan fingerprint density at radius 2 is 1.62 bits per heavy atom. The van der Waals surface area contributed by atoms with E-state index >= 15 is 0 Å². The van der Waals surface area contributed by atoms with E-state index in [2.05, 4.69) is 0 Å². The Morgan fingerprint density at radius 1 is 1.00 bits per heavy atom. The molecule has 0 radical (unpaired) electrons. The summed E-state index contributed by atoms with van der Waals surface area (Å²) in [6.45, 7) is -0.294. The molecule has 0 aromatic heterocycles. The molecule has 0 N–H and O–H groups in total. The van der Waals surface area contributed by atoms with Gasteiger partial charge in [0.2, 0.25) is 3.79 Å². The van der Waals surface area contributed by atoms with Crippen LogP contribution in [0, 0.1) is 0 Å². The van der Waals surface area contributed by atoms with Crippen molar-refractivity contribution < 1.29 is 19.0 Å². The van der Waals surface area contributed by atoms with Crippen molar-refractivity contribution in [3.8, 4) is 11.5 Å². The zero-order valence-electron chi connectivity index (χ0n) is 12.7. The zero-order chi connectivity index (χ0) is 17.6. The second-order valence-electron chi connectivity index (χ2n) is 4.79. The molecule has 2 aromatic carbocycles. The van der Waals surface area contributed by atoms with Gasteiger partial charge in [-0.2, -0.15) is 0 Å². The van der Waals surface area contributed by atoms with Crippen molar-refractivity contribution in [2.24, 2.45) is 0 Å².